The van der Waals surface area contributed by atoms with Crippen molar-refractivity contribution in [2.24, 2.45) is 0 Å². The summed E-state index contributed by atoms with van der Waals surface area (Å²) in [4.78, 5) is 2.29. The monoisotopic (exact) mass is 754 g/mol. The molecule has 11 rings (SSSR count). The van der Waals surface area contributed by atoms with E-state index in [0.717, 1.165) is 72.0 Å². The molecule has 0 unspecified atom stereocenters. The Kier molecular flexibility index (Phi) is 8.30. The average Bonchev–Trinajstić information content (AvgIpc) is 3.85. The van der Waals surface area contributed by atoms with Crippen LogP contribution in [0.15, 0.2) is 230 Å². The molecule has 0 spiro atoms. The van der Waals surface area contributed by atoms with E-state index in [1.54, 1.807) is 0 Å². The third-order valence-electron chi connectivity index (χ3n) is 11.6. The Bertz CT molecular complexity index is 3420. The van der Waals surface area contributed by atoms with Gasteiger partial charge in [0.05, 0.1) is 16.7 Å². The van der Waals surface area contributed by atoms with Crippen LogP contribution in [0.2, 0.25) is 0 Å². The summed E-state index contributed by atoms with van der Waals surface area (Å²) in [5.74, 6) is 0. The van der Waals surface area contributed by atoms with E-state index in [4.69, 9.17) is 4.42 Å². The number of hydrogen-bond acceptors (Lipinski definition) is 2. The number of aromatic nitrogens is 1. The highest BCUT2D eigenvalue weighted by Gasteiger charge is 2.20. The molecule has 0 fully saturated rings. The Morgan fingerprint density at radius 1 is 0.492 bits per heavy atom. The summed E-state index contributed by atoms with van der Waals surface area (Å²) in [5.41, 5.74) is 11.6. The van der Waals surface area contributed by atoms with Crippen LogP contribution in [0, 0.1) is 0 Å². The fourth-order valence-corrected chi connectivity index (χ4v) is 8.82. The van der Waals surface area contributed by atoms with Crippen molar-refractivity contribution in [1.29, 1.82) is 0 Å². The number of hydrogen-bond donors (Lipinski definition) is 0. The van der Waals surface area contributed by atoms with Crippen LogP contribution in [-0.4, -0.2) is 4.57 Å². The molecule has 0 saturated carbocycles. The second kappa shape index (κ2) is 14.3. The van der Waals surface area contributed by atoms with Crippen molar-refractivity contribution in [3.05, 3.63) is 231 Å². The maximum Gasteiger partial charge on any atom is 0.143 e. The van der Waals surface area contributed by atoms with E-state index in [1.165, 1.54) is 32.6 Å². The van der Waals surface area contributed by atoms with Crippen LogP contribution < -0.4 is 4.90 Å². The summed E-state index contributed by atoms with van der Waals surface area (Å²) in [6.07, 6.45) is 8.32. The minimum atomic E-state index is 0.875. The van der Waals surface area contributed by atoms with Crippen LogP contribution in [0.3, 0.4) is 0 Å². The lowest BCUT2D eigenvalue weighted by Gasteiger charge is -2.25. The van der Waals surface area contributed by atoms with E-state index in [9.17, 15) is 0 Å². The minimum Gasteiger partial charge on any atom is -0.455 e. The summed E-state index contributed by atoms with van der Waals surface area (Å²) in [6, 6.07) is 69.2. The Labute approximate surface area is 342 Å². The predicted octanol–water partition coefficient (Wildman–Crippen LogP) is 15.6. The molecule has 11 aromatic rings. The first-order valence-corrected chi connectivity index (χ1v) is 20.0. The third kappa shape index (κ3) is 5.83. The fraction of sp³-hybridized carbons (Fsp3) is 0. The SMILES string of the molecule is C=C/C=C(\C=C\N(c1ccc(-n2c3ccccc3c3ccccc32)cc1)c1ccccc1-c1cccc2c1oc1c3ccccc3ccc21)c1ccc2ccccc2c1. The van der Waals surface area contributed by atoms with Gasteiger partial charge >= 0.3 is 0 Å². The zero-order valence-electron chi connectivity index (χ0n) is 32.3. The molecular weight excluding hydrogens is 717 g/mol. The van der Waals surface area contributed by atoms with Gasteiger partial charge in [-0.3, -0.25) is 0 Å². The van der Waals surface area contributed by atoms with Gasteiger partial charge in [-0.15, -0.1) is 0 Å². The molecule has 0 aliphatic rings. The summed E-state index contributed by atoms with van der Waals surface area (Å²) in [6.45, 7) is 4.09. The van der Waals surface area contributed by atoms with Crippen LogP contribution in [0.4, 0.5) is 11.4 Å². The fourth-order valence-electron chi connectivity index (χ4n) is 8.82. The van der Waals surface area contributed by atoms with Crippen molar-refractivity contribution in [2.75, 3.05) is 4.90 Å². The number of benzene rings is 9. The lowest BCUT2D eigenvalue weighted by molar-refractivity contribution is 0.674. The van der Waals surface area contributed by atoms with Crippen LogP contribution in [0.25, 0.3) is 87.7 Å². The molecule has 0 radical (unpaired) electrons. The minimum absolute atomic E-state index is 0.875. The lowest BCUT2D eigenvalue weighted by atomic mass is 9.99. The largest absolute Gasteiger partial charge is 0.455 e. The Balaban J connectivity index is 1.09. The van der Waals surface area contributed by atoms with Crippen LogP contribution in [0.1, 0.15) is 5.56 Å². The predicted molar refractivity (Wildman–Crippen MR) is 251 cm³/mol. The normalized spacial score (nSPS) is 12.2. The number of fused-ring (bicyclic) bond motifs is 9. The van der Waals surface area contributed by atoms with Crippen LogP contribution >= 0.6 is 0 Å². The number of allylic oxidation sites excluding steroid dienone is 4. The van der Waals surface area contributed by atoms with Crippen LogP contribution in [0.5, 0.6) is 0 Å². The second-order valence-electron chi connectivity index (χ2n) is 15.0. The van der Waals surface area contributed by atoms with Gasteiger partial charge in [-0.1, -0.05) is 158 Å². The first kappa shape index (κ1) is 34.4. The molecule has 0 bridgehead atoms. The number of rotatable bonds is 8. The van der Waals surface area contributed by atoms with E-state index in [-0.39, 0.29) is 0 Å². The van der Waals surface area contributed by atoms with Crippen LogP contribution in [-0.2, 0) is 0 Å². The maximum atomic E-state index is 6.88. The quantitative estimate of drug-likeness (QED) is 0.144. The Morgan fingerprint density at radius 3 is 1.88 bits per heavy atom. The molecule has 278 valence electrons. The van der Waals surface area contributed by atoms with Crippen molar-refractivity contribution in [3.63, 3.8) is 0 Å². The molecule has 0 saturated heterocycles. The van der Waals surface area contributed by atoms with Gasteiger partial charge in [-0.25, -0.2) is 0 Å². The van der Waals surface area contributed by atoms with Gasteiger partial charge in [0.2, 0.25) is 0 Å². The number of anilines is 2. The molecule has 0 aliphatic carbocycles. The molecule has 59 heavy (non-hydrogen) atoms. The summed E-state index contributed by atoms with van der Waals surface area (Å²) in [7, 11) is 0. The molecule has 3 nitrogen and oxygen atoms in total. The zero-order chi connectivity index (χ0) is 39.3. The van der Waals surface area contributed by atoms with E-state index >= 15 is 0 Å². The van der Waals surface area contributed by atoms with E-state index < -0.39 is 0 Å². The first-order chi connectivity index (χ1) is 29.2. The first-order valence-electron chi connectivity index (χ1n) is 20.0. The molecule has 0 atom stereocenters. The summed E-state index contributed by atoms with van der Waals surface area (Å²) >= 11 is 0. The number of furan rings is 1. The zero-order valence-corrected chi connectivity index (χ0v) is 32.3. The average molecular weight is 755 g/mol. The van der Waals surface area contributed by atoms with Gasteiger partial charge in [0.25, 0.3) is 0 Å². The maximum absolute atomic E-state index is 6.88. The Hall–Kier alpha value is -7.88. The highest BCUT2D eigenvalue weighted by atomic mass is 16.3. The molecular formula is C56H38N2O. The molecule has 0 N–H and O–H groups in total. The molecule has 3 heteroatoms. The van der Waals surface area contributed by atoms with Gasteiger partial charge in [-0.2, -0.15) is 0 Å². The molecule has 9 aromatic carbocycles. The van der Waals surface area contributed by atoms with Gasteiger partial charge < -0.3 is 13.9 Å². The Morgan fingerprint density at radius 2 is 1.10 bits per heavy atom. The van der Waals surface area contributed by atoms with Crippen molar-refractivity contribution in [2.45, 2.75) is 0 Å². The van der Waals surface area contributed by atoms with E-state index in [2.05, 4.69) is 229 Å². The molecule has 0 amide bonds. The highest BCUT2D eigenvalue weighted by molar-refractivity contribution is 6.17. The molecule has 2 heterocycles. The van der Waals surface area contributed by atoms with Gasteiger partial charge in [-0.05, 0) is 88.0 Å². The van der Waals surface area contributed by atoms with Gasteiger partial charge in [0, 0.05) is 55.6 Å². The van der Waals surface area contributed by atoms with Gasteiger partial charge in [0.15, 0.2) is 0 Å². The lowest BCUT2D eigenvalue weighted by Crippen LogP contribution is -2.10. The van der Waals surface area contributed by atoms with Crippen molar-refractivity contribution in [1.82, 2.24) is 4.57 Å². The van der Waals surface area contributed by atoms with E-state index in [1.807, 2.05) is 6.08 Å². The van der Waals surface area contributed by atoms with Crippen molar-refractivity contribution < 1.29 is 4.42 Å². The smallest absolute Gasteiger partial charge is 0.143 e. The highest BCUT2D eigenvalue weighted by Crippen LogP contribution is 2.43. The topological polar surface area (TPSA) is 21.3 Å². The van der Waals surface area contributed by atoms with Crippen molar-refractivity contribution in [3.8, 4) is 16.8 Å². The standard InChI is InChI=1S/C56H38N2O/c1-2-14-38(42-28-27-39-15-3-4-17-41(39)37-42)35-36-57(43-30-32-44(33-31-43)58-53-25-11-8-19-46(53)47-20-9-12-26-54(47)58)52-24-10-7-21-48(52)49-22-13-23-50-51-34-29-40-16-5-6-18-45(40)55(51)59-56(49)50/h2-37H,1H2/b36-35+,38-14+. The van der Waals surface area contributed by atoms with Crippen molar-refractivity contribution >= 4 is 82.2 Å². The third-order valence-corrected chi connectivity index (χ3v) is 11.6. The molecule has 2 aromatic heterocycles. The van der Waals surface area contributed by atoms with Gasteiger partial charge in [0.1, 0.15) is 11.2 Å². The number of para-hydroxylation sites is 4. The summed E-state index contributed by atoms with van der Waals surface area (Å²) < 4.78 is 9.24. The second-order valence-corrected chi connectivity index (χ2v) is 15.0. The molecule has 0 aliphatic heterocycles. The van der Waals surface area contributed by atoms with E-state index in [0.29, 0.717) is 0 Å². The summed E-state index contributed by atoms with van der Waals surface area (Å²) in [5, 5.41) is 9.39. The number of nitrogens with zero attached hydrogens (tertiary/aromatic N) is 2.